The number of rotatable bonds is 7. The second kappa shape index (κ2) is 7.50. The Morgan fingerprint density at radius 2 is 1.90 bits per heavy atom. The fourth-order valence-electron chi connectivity index (χ4n) is 1.82. The lowest BCUT2D eigenvalue weighted by Crippen LogP contribution is -2.43. The van der Waals surface area contributed by atoms with Gasteiger partial charge in [-0.15, -0.1) is 0 Å². The first-order valence-corrected chi connectivity index (χ1v) is 6.08. The number of esters is 1. The molecule has 1 heterocycles. The Morgan fingerprint density at radius 1 is 1.25 bits per heavy atom. The highest BCUT2D eigenvalue weighted by Gasteiger charge is 2.48. The van der Waals surface area contributed by atoms with Crippen LogP contribution in [-0.2, 0) is 19.1 Å². The van der Waals surface area contributed by atoms with E-state index in [1.54, 1.807) is 0 Å². The summed E-state index contributed by atoms with van der Waals surface area (Å²) < 4.78 is 9.68. The molecule has 0 spiro atoms. The molecule has 1 saturated heterocycles. The van der Waals surface area contributed by atoms with Crippen molar-refractivity contribution in [2.45, 2.75) is 50.0 Å². The van der Waals surface area contributed by atoms with Gasteiger partial charge in [0.25, 0.3) is 0 Å². The van der Waals surface area contributed by atoms with Crippen LogP contribution in [0.4, 0.5) is 0 Å². The van der Waals surface area contributed by atoms with Gasteiger partial charge in [-0.3, -0.25) is 9.59 Å². The summed E-state index contributed by atoms with van der Waals surface area (Å²) in [6.07, 6.45) is -7.54. The van der Waals surface area contributed by atoms with Crippen LogP contribution < -0.4 is 0 Å². The van der Waals surface area contributed by atoms with E-state index in [4.69, 9.17) is 19.7 Å². The van der Waals surface area contributed by atoms with Gasteiger partial charge in [0.05, 0.1) is 6.61 Å². The molecule has 0 aromatic heterocycles. The summed E-state index contributed by atoms with van der Waals surface area (Å²) in [4.78, 5) is 21.8. The summed E-state index contributed by atoms with van der Waals surface area (Å²) in [5.41, 5.74) is 0. The lowest BCUT2D eigenvalue weighted by Gasteiger charge is -2.23. The van der Waals surface area contributed by atoms with Crippen molar-refractivity contribution in [1.82, 2.24) is 0 Å². The molecule has 0 aromatic carbocycles. The molecule has 5 N–H and O–H groups in total. The lowest BCUT2D eigenvalue weighted by molar-refractivity contribution is -0.162. The van der Waals surface area contributed by atoms with Crippen molar-refractivity contribution >= 4 is 11.9 Å². The van der Waals surface area contributed by atoms with Crippen LogP contribution >= 0.6 is 0 Å². The van der Waals surface area contributed by atoms with Crippen molar-refractivity contribution in [3.8, 4) is 0 Å². The third-order valence-corrected chi connectivity index (χ3v) is 2.85. The molecule has 1 aliphatic heterocycles. The van der Waals surface area contributed by atoms with Crippen LogP contribution in [0, 0.1) is 0 Å². The summed E-state index contributed by atoms with van der Waals surface area (Å²) in [5.74, 6) is -1.84. The van der Waals surface area contributed by atoms with Gasteiger partial charge < -0.3 is 35.0 Å². The first-order valence-electron chi connectivity index (χ1n) is 6.08. The molecule has 116 valence electrons. The topological polar surface area (TPSA) is 154 Å². The van der Waals surface area contributed by atoms with Crippen LogP contribution in [0.3, 0.4) is 0 Å². The Balaban J connectivity index is 2.53. The van der Waals surface area contributed by atoms with E-state index in [0.717, 1.165) is 0 Å². The molecule has 0 saturated carbocycles. The van der Waals surface area contributed by atoms with Gasteiger partial charge in [-0.2, -0.15) is 0 Å². The van der Waals surface area contributed by atoms with Crippen LogP contribution in [0.2, 0.25) is 0 Å². The summed E-state index contributed by atoms with van der Waals surface area (Å²) in [5, 5.41) is 45.6. The standard InChI is InChI=1S/C11H18O9/c12-4-5(13)9-10(8(17)11(18)20-9)19-7(16)3-1-2-6(14)15/h5,8-13,17-18H,1-4H2,(H,14,15)/t5-,8?,9?,10?,11?/m1/s1. The summed E-state index contributed by atoms with van der Waals surface area (Å²) in [6.45, 7) is -0.697. The predicted molar refractivity (Wildman–Crippen MR) is 61.3 cm³/mol. The summed E-state index contributed by atoms with van der Waals surface area (Å²) in [7, 11) is 0. The van der Waals surface area contributed by atoms with Crippen LogP contribution in [0.15, 0.2) is 0 Å². The smallest absolute Gasteiger partial charge is 0.306 e. The highest BCUT2D eigenvalue weighted by Crippen LogP contribution is 2.25. The van der Waals surface area contributed by atoms with E-state index in [1.165, 1.54) is 0 Å². The summed E-state index contributed by atoms with van der Waals surface area (Å²) >= 11 is 0. The van der Waals surface area contributed by atoms with Crippen molar-refractivity contribution in [3.63, 3.8) is 0 Å². The molecule has 0 aliphatic carbocycles. The highest BCUT2D eigenvalue weighted by molar-refractivity contribution is 5.71. The Morgan fingerprint density at radius 3 is 2.45 bits per heavy atom. The normalized spacial score (nSPS) is 31.0. The number of carbonyl (C=O) groups is 2. The molecule has 1 aliphatic rings. The van der Waals surface area contributed by atoms with Crippen LogP contribution in [-0.4, -0.2) is 74.8 Å². The van der Waals surface area contributed by atoms with Crippen molar-refractivity contribution in [3.05, 3.63) is 0 Å². The van der Waals surface area contributed by atoms with E-state index in [-0.39, 0.29) is 19.3 Å². The van der Waals surface area contributed by atoms with Crippen molar-refractivity contribution in [2.75, 3.05) is 6.61 Å². The number of hydrogen-bond acceptors (Lipinski definition) is 8. The monoisotopic (exact) mass is 294 g/mol. The first-order chi connectivity index (χ1) is 9.36. The molecule has 5 atom stereocenters. The van der Waals surface area contributed by atoms with Gasteiger partial charge >= 0.3 is 11.9 Å². The van der Waals surface area contributed by atoms with Crippen LogP contribution in [0.1, 0.15) is 19.3 Å². The maximum atomic E-state index is 11.5. The van der Waals surface area contributed by atoms with Gasteiger partial charge in [0, 0.05) is 12.8 Å². The molecule has 0 bridgehead atoms. The van der Waals surface area contributed by atoms with Crippen molar-refractivity contribution < 1.29 is 44.6 Å². The van der Waals surface area contributed by atoms with Crippen LogP contribution in [0.25, 0.3) is 0 Å². The van der Waals surface area contributed by atoms with Gasteiger partial charge in [0.2, 0.25) is 0 Å². The molecular formula is C11H18O9. The van der Waals surface area contributed by atoms with Crippen molar-refractivity contribution in [2.24, 2.45) is 0 Å². The number of carboxylic acid groups (broad SMARTS) is 1. The fraction of sp³-hybridized carbons (Fsp3) is 0.818. The minimum absolute atomic E-state index is 0.0631. The predicted octanol–water partition coefficient (Wildman–Crippen LogP) is -2.42. The third kappa shape index (κ3) is 4.39. The number of ether oxygens (including phenoxy) is 2. The van der Waals surface area contributed by atoms with Crippen molar-refractivity contribution in [1.29, 1.82) is 0 Å². The average Bonchev–Trinajstić information content (AvgIpc) is 2.65. The maximum Gasteiger partial charge on any atom is 0.306 e. The molecule has 4 unspecified atom stereocenters. The second-order valence-electron chi connectivity index (χ2n) is 4.43. The van der Waals surface area contributed by atoms with E-state index in [9.17, 15) is 24.9 Å². The van der Waals surface area contributed by atoms with Gasteiger partial charge in [0.15, 0.2) is 12.4 Å². The molecule has 1 fully saturated rings. The molecule has 1 rings (SSSR count). The molecule has 0 amide bonds. The van der Waals surface area contributed by atoms with Gasteiger partial charge in [0.1, 0.15) is 18.3 Å². The zero-order chi connectivity index (χ0) is 15.3. The number of aliphatic hydroxyl groups excluding tert-OH is 4. The minimum atomic E-state index is -1.64. The quantitative estimate of drug-likeness (QED) is 0.323. The molecule has 20 heavy (non-hydrogen) atoms. The number of aliphatic hydroxyl groups is 4. The van der Waals surface area contributed by atoms with Gasteiger partial charge in [-0.25, -0.2) is 0 Å². The number of aliphatic carboxylic acids is 1. The van der Waals surface area contributed by atoms with E-state index >= 15 is 0 Å². The second-order valence-corrected chi connectivity index (χ2v) is 4.43. The van der Waals surface area contributed by atoms with E-state index in [2.05, 4.69) is 0 Å². The Hall–Kier alpha value is -1.26. The van der Waals surface area contributed by atoms with Crippen LogP contribution in [0.5, 0.6) is 0 Å². The fourth-order valence-corrected chi connectivity index (χ4v) is 1.82. The maximum absolute atomic E-state index is 11.5. The third-order valence-electron chi connectivity index (χ3n) is 2.85. The highest BCUT2D eigenvalue weighted by atomic mass is 16.7. The Labute approximate surface area is 114 Å². The number of hydrogen-bond donors (Lipinski definition) is 5. The average molecular weight is 294 g/mol. The SMILES string of the molecule is O=C(O)CCCC(=O)OC1C(O)C(O)OC1[C@H](O)CO. The molecule has 0 radical (unpaired) electrons. The number of carboxylic acids is 1. The first kappa shape index (κ1) is 16.8. The van der Waals surface area contributed by atoms with Gasteiger partial charge in [-0.1, -0.05) is 0 Å². The minimum Gasteiger partial charge on any atom is -0.481 e. The van der Waals surface area contributed by atoms with Gasteiger partial charge in [-0.05, 0) is 6.42 Å². The molecule has 0 aromatic rings. The Kier molecular flexibility index (Phi) is 6.30. The Bertz CT molecular complexity index is 345. The zero-order valence-electron chi connectivity index (χ0n) is 10.6. The lowest BCUT2D eigenvalue weighted by atomic mass is 10.1. The number of carbonyl (C=O) groups excluding carboxylic acids is 1. The van der Waals surface area contributed by atoms with E-state index in [0.29, 0.717) is 0 Å². The van der Waals surface area contributed by atoms with E-state index < -0.39 is 49.3 Å². The molecule has 9 nitrogen and oxygen atoms in total. The largest absolute Gasteiger partial charge is 0.481 e. The van der Waals surface area contributed by atoms with E-state index in [1.807, 2.05) is 0 Å². The summed E-state index contributed by atoms with van der Waals surface area (Å²) in [6, 6.07) is 0. The zero-order valence-corrected chi connectivity index (χ0v) is 10.6. The molecule has 9 heteroatoms. The molecular weight excluding hydrogens is 276 g/mol.